The number of nitrogens with two attached hydrogens (primary N) is 1. The topological polar surface area (TPSA) is 46.3 Å². The van der Waals surface area contributed by atoms with Crippen LogP contribution in [0.3, 0.4) is 0 Å². The second-order valence-corrected chi connectivity index (χ2v) is 6.78. The molecule has 0 spiro atoms. The average Bonchev–Trinajstić information content (AvgIpc) is 2.87. The number of hydrogen-bond donors (Lipinski definition) is 1. The minimum absolute atomic E-state index is 0.240. The van der Waals surface area contributed by atoms with Crippen molar-refractivity contribution in [1.29, 1.82) is 0 Å². The molecule has 1 fully saturated rings. The third-order valence-corrected chi connectivity index (χ3v) is 5.08. The van der Waals surface area contributed by atoms with Gasteiger partial charge < -0.3 is 10.6 Å². The number of hydrogen-bond acceptors (Lipinski definition) is 3. The van der Waals surface area contributed by atoms with Crippen LogP contribution in [-0.2, 0) is 11.3 Å². The minimum Gasteiger partial charge on any atom is -0.336 e. The maximum Gasteiger partial charge on any atom is 0.238 e. The maximum atomic E-state index is 12.7. The van der Waals surface area contributed by atoms with Crippen LogP contribution in [0.5, 0.6) is 0 Å². The largest absolute Gasteiger partial charge is 0.336 e. The molecule has 1 aromatic carbocycles. The van der Waals surface area contributed by atoms with Crippen molar-refractivity contribution in [3.63, 3.8) is 0 Å². The Balaban J connectivity index is 2.09. The number of thioether (sulfide) groups is 1. The van der Waals surface area contributed by atoms with Crippen LogP contribution < -0.4 is 5.73 Å². The van der Waals surface area contributed by atoms with E-state index in [1.807, 2.05) is 23.1 Å². The summed E-state index contributed by atoms with van der Waals surface area (Å²) in [7, 11) is 0. The summed E-state index contributed by atoms with van der Waals surface area (Å²) >= 11 is 1.79. The molecule has 0 aromatic heterocycles. The van der Waals surface area contributed by atoms with Crippen molar-refractivity contribution >= 4 is 17.7 Å². The number of amides is 1. The summed E-state index contributed by atoms with van der Waals surface area (Å²) in [6, 6.07) is 10.1. The summed E-state index contributed by atoms with van der Waals surface area (Å²) in [6.07, 6.45) is 2.11. The number of carbonyl (C=O) groups is 1. The molecule has 104 valence electrons. The van der Waals surface area contributed by atoms with Crippen molar-refractivity contribution in [1.82, 2.24) is 4.90 Å². The second kappa shape index (κ2) is 6.44. The van der Waals surface area contributed by atoms with Gasteiger partial charge in [0.1, 0.15) is 0 Å². The monoisotopic (exact) mass is 278 g/mol. The van der Waals surface area contributed by atoms with E-state index >= 15 is 0 Å². The molecule has 4 heteroatoms. The first-order valence-corrected chi connectivity index (χ1v) is 7.81. The van der Waals surface area contributed by atoms with E-state index in [1.165, 1.54) is 0 Å². The lowest BCUT2D eigenvalue weighted by Crippen LogP contribution is -2.45. The first-order valence-electron chi connectivity index (χ1n) is 6.83. The Kier molecular flexibility index (Phi) is 4.88. The van der Waals surface area contributed by atoms with Crippen LogP contribution >= 0.6 is 11.8 Å². The van der Waals surface area contributed by atoms with Gasteiger partial charge in [0.05, 0.1) is 4.75 Å². The normalized spacial score (nSPS) is 22.4. The van der Waals surface area contributed by atoms with E-state index in [1.54, 1.807) is 11.8 Å². The number of carbonyl (C=O) groups excluding carboxylic acids is 1. The first kappa shape index (κ1) is 14.4. The van der Waals surface area contributed by atoms with Crippen molar-refractivity contribution in [2.24, 2.45) is 5.73 Å². The Morgan fingerprint density at radius 2 is 2.16 bits per heavy atom. The summed E-state index contributed by atoms with van der Waals surface area (Å²) < 4.78 is -0.246. The average molecular weight is 278 g/mol. The molecule has 19 heavy (non-hydrogen) atoms. The fraction of sp³-hybridized carbons (Fsp3) is 0.533. The van der Waals surface area contributed by atoms with Gasteiger partial charge in [-0.05, 0) is 31.1 Å². The lowest BCUT2D eigenvalue weighted by Gasteiger charge is -2.31. The fourth-order valence-electron chi connectivity index (χ4n) is 2.49. The van der Waals surface area contributed by atoms with Gasteiger partial charge in [-0.1, -0.05) is 30.3 Å². The molecule has 1 unspecified atom stereocenters. The van der Waals surface area contributed by atoms with Gasteiger partial charge in [0, 0.05) is 19.6 Å². The van der Waals surface area contributed by atoms with E-state index in [0.717, 1.165) is 24.2 Å². The molecule has 1 amide bonds. The highest BCUT2D eigenvalue weighted by molar-refractivity contribution is 8.01. The predicted octanol–water partition coefficient (Wildman–Crippen LogP) is 2.26. The summed E-state index contributed by atoms with van der Waals surface area (Å²) in [4.78, 5) is 14.6. The molecular formula is C15H22N2OS. The predicted molar refractivity (Wildman–Crippen MR) is 81.0 cm³/mol. The standard InChI is InChI=1S/C15H22N2OS/c1-15(8-5-11-19-15)14(18)17(10-9-16)12-13-6-3-2-4-7-13/h2-4,6-7H,5,8-12,16H2,1H3. The zero-order valence-electron chi connectivity index (χ0n) is 11.5. The van der Waals surface area contributed by atoms with E-state index in [0.29, 0.717) is 19.6 Å². The van der Waals surface area contributed by atoms with Gasteiger partial charge in [-0.15, -0.1) is 11.8 Å². The van der Waals surface area contributed by atoms with Crippen LogP contribution in [0.25, 0.3) is 0 Å². The Bertz CT molecular complexity index is 415. The van der Waals surface area contributed by atoms with Crippen molar-refractivity contribution < 1.29 is 4.79 Å². The Hall–Kier alpha value is -1.00. The highest BCUT2D eigenvalue weighted by Crippen LogP contribution is 2.39. The Labute approximate surface area is 119 Å². The van der Waals surface area contributed by atoms with E-state index < -0.39 is 0 Å². The highest BCUT2D eigenvalue weighted by atomic mass is 32.2. The molecular weight excluding hydrogens is 256 g/mol. The van der Waals surface area contributed by atoms with E-state index in [9.17, 15) is 4.79 Å². The summed E-state index contributed by atoms with van der Waals surface area (Å²) in [6.45, 7) is 3.87. The van der Waals surface area contributed by atoms with Crippen molar-refractivity contribution in [3.05, 3.63) is 35.9 Å². The van der Waals surface area contributed by atoms with Crippen molar-refractivity contribution in [2.45, 2.75) is 31.1 Å². The smallest absolute Gasteiger partial charge is 0.238 e. The van der Waals surface area contributed by atoms with Crippen LogP contribution in [0.1, 0.15) is 25.3 Å². The van der Waals surface area contributed by atoms with Gasteiger partial charge in [-0.25, -0.2) is 0 Å². The number of benzene rings is 1. The SMILES string of the molecule is CC1(C(=O)N(CCN)Cc2ccccc2)CCCS1. The van der Waals surface area contributed by atoms with Crippen LogP contribution in [0, 0.1) is 0 Å². The third kappa shape index (κ3) is 3.51. The van der Waals surface area contributed by atoms with Gasteiger partial charge in [-0.3, -0.25) is 4.79 Å². The molecule has 0 aliphatic carbocycles. The minimum atomic E-state index is -0.246. The van der Waals surface area contributed by atoms with Gasteiger partial charge in [0.15, 0.2) is 0 Å². The van der Waals surface area contributed by atoms with Gasteiger partial charge >= 0.3 is 0 Å². The van der Waals surface area contributed by atoms with Crippen LogP contribution in [0.4, 0.5) is 0 Å². The molecule has 1 heterocycles. The Morgan fingerprint density at radius 3 is 2.74 bits per heavy atom. The number of rotatable bonds is 5. The van der Waals surface area contributed by atoms with Crippen LogP contribution in [0.15, 0.2) is 30.3 Å². The van der Waals surface area contributed by atoms with E-state index in [2.05, 4.69) is 19.1 Å². The molecule has 1 aromatic rings. The lowest BCUT2D eigenvalue weighted by atomic mass is 10.0. The van der Waals surface area contributed by atoms with E-state index in [4.69, 9.17) is 5.73 Å². The zero-order chi connectivity index (χ0) is 13.7. The summed E-state index contributed by atoms with van der Waals surface area (Å²) in [5.41, 5.74) is 6.82. The molecule has 0 bridgehead atoms. The molecule has 2 N–H and O–H groups in total. The quantitative estimate of drug-likeness (QED) is 0.898. The van der Waals surface area contributed by atoms with Gasteiger partial charge in [0.25, 0.3) is 0 Å². The molecule has 1 aliphatic heterocycles. The second-order valence-electron chi connectivity index (χ2n) is 5.18. The van der Waals surface area contributed by atoms with Gasteiger partial charge in [-0.2, -0.15) is 0 Å². The lowest BCUT2D eigenvalue weighted by molar-refractivity contribution is -0.134. The molecule has 0 radical (unpaired) electrons. The molecule has 0 saturated carbocycles. The zero-order valence-corrected chi connectivity index (χ0v) is 12.3. The highest BCUT2D eigenvalue weighted by Gasteiger charge is 2.39. The first-order chi connectivity index (χ1) is 9.15. The maximum absolute atomic E-state index is 12.7. The van der Waals surface area contributed by atoms with Crippen LogP contribution in [-0.4, -0.2) is 34.4 Å². The molecule has 1 aliphatic rings. The van der Waals surface area contributed by atoms with Crippen molar-refractivity contribution in [2.75, 3.05) is 18.8 Å². The number of nitrogens with zero attached hydrogens (tertiary/aromatic N) is 1. The molecule has 1 atom stereocenters. The third-order valence-electron chi connectivity index (χ3n) is 3.57. The Morgan fingerprint density at radius 1 is 1.42 bits per heavy atom. The van der Waals surface area contributed by atoms with Gasteiger partial charge in [0.2, 0.25) is 5.91 Å². The van der Waals surface area contributed by atoms with Crippen molar-refractivity contribution in [3.8, 4) is 0 Å². The molecule has 1 saturated heterocycles. The molecule has 2 rings (SSSR count). The summed E-state index contributed by atoms with van der Waals surface area (Å²) in [5, 5.41) is 0. The van der Waals surface area contributed by atoms with Crippen LogP contribution in [0.2, 0.25) is 0 Å². The summed E-state index contributed by atoms with van der Waals surface area (Å²) in [5.74, 6) is 1.33. The van der Waals surface area contributed by atoms with E-state index in [-0.39, 0.29) is 10.7 Å². The molecule has 3 nitrogen and oxygen atoms in total. The fourth-order valence-corrected chi connectivity index (χ4v) is 3.77.